The maximum absolute atomic E-state index is 13.7. The minimum absolute atomic E-state index is 0.0401. The molecule has 33 heavy (non-hydrogen) atoms. The number of nitrogens with zero attached hydrogens (tertiary/aromatic N) is 1. The number of methoxy groups -OCH3 is 1. The second-order valence-electron chi connectivity index (χ2n) is 11.6. The van der Waals surface area contributed by atoms with Crippen LogP contribution in [0.4, 0.5) is 0 Å². The molecule has 0 aromatic carbocycles. The van der Waals surface area contributed by atoms with Crippen molar-refractivity contribution in [3.05, 3.63) is 0 Å². The first-order valence-corrected chi connectivity index (χ1v) is 12.7. The van der Waals surface area contributed by atoms with Crippen molar-refractivity contribution in [2.45, 2.75) is 118 Å². The quantitative estimate of drug-likeness (QED) is 0.358. The Balaban J connectivity index is 3.10. The van der Waals surface area contributed by atoms with Crippen molar-refractivity contribution >= 4 is 17.7 Å². The lowest BCUT2D eigenvalue weighted by Crippen LogP contribution is -2.52. The van der Waals surface area contributed by atoms with E-state index < -0.39 is 11.7 Å². The SMILES string of the molecule is CC[C@H](C)[C@@H]([C@@H](CC(=O)OC(C)(C)C)OC)N(C)C(=O)[C@@H](CC(=O)C1(C)CCCC1)C(C)C. The largest absolute Gasteiger partial charge is 0.460 e. The molecule has 0 bridgehead atoms. The third-order valence-electron chi connectivity index (χ3n) is 7.40. The summed E-state index contributed by atoms with van der Waals surface area (Å²) in [6, 6.07) is -0.293. The van der Waals surface area contributed by atoms with Crippen molar-refractivity contribution in [2.75, 3.05) is 14.2 Å². The first-order valence-electron chi connectivity index (χ1n) is 12.7. The molecule has 0 heterocycles. The van der Waals surface area contributed by atoms with Gasteiger partial charge in [-0.05, 0) is 45.4 Å². The Bertz CT molecular complexity index is 660. The Morgan fingerprint density at radius 3 is 2.00 bits per heavy atom. The number of likely N-dealkylation sites (N-methyl/N-ethyl adjacent to an activating group) is 1. The fourth-order valence-electron chi connectivity index (χ4n) is 5.03. The van der Waals surface area contributed by atoms with Gasteiger partial charge >= 0.3 is 5.97 Å². The molecule has 0 aromatic rings. The van der Waals surface area contributed by atoms with Crippen molar-refractivity contribution in [1.29, 1.82) is 0 Å². The molecular formula is C27H49NO5. The Labute approximate surface area is 202 Å². The van der Waals surface area contributed by atoms with Crippen molar-refractivity contribution in [3.63, 3.8) is 0 Å². The van der Waals surface area contributed by atoms with Crippen LogP contribution in [0, 0.1) is 23.2 Å². The molecule has 0 aliphatic heterocycles. The second kappa shape index (κ2) is 12.3. The number of hydrogen-bond donors (Lipinski definition) is 0. The number of Topliss-reactive ketones (excluding diaryl/α,β-unsaturated/α-hetero) is 1. The van der Waals surface area contributed by atoms with Crippen LogP contribution in [0.2, 0.25) is 0 Å². The maximum Gasteiger partial charge on any atom is 0.309 e. The highest BCUT2D eigenvalue weighted by molar-refractivity contribution is 5.90. The average molecular weight is 468 g/mol. The lowest BCUT2D eigenvalue weighted by Gasteiger charge is -2.40. The number of hydrogen-bond acceptors (Lipinski definition) is 5. The minimum atomic E-state index is -0.581. The third-order valence-corrected chi connectivity index (χ3v) is 7.40. The van der Waals surface area contributed by atoms with E-state index in [1.165, 1.54) is 0 Å². The van der Waals surface area contributed by atoms with E-state index in [1.54, 1.807) is 19.1 Å². The summed E-state index contributed by atoms with van der Waals surface area (Å²) in [7, 11) is 3.37. The summed E-state index contributed by atoms with van der Waals surface area (Å²) in [5.74, 6) is -0.409. The highest BCUT2D eigenvalue weighted by Gasteiger charge is 2.41. The molecule has 6 heteroatoms. The summed E-state index contributed by atoms with van der Waals surface area (Å²) in [5, 5.41) is 0. The molecule has 1 aliphatic carbocycles. The number of carbonyl (C=O) groups excluding carboxylic acids is 3. The van der Waals surface area contributed by atoms with Crippen LogP contribution in [0.1, 0.15) is 100 Å². The first-order chi connectivity index (χ1) is 15.2. The zero-order chi connectivity index (χ0) is 25.6. The van der Waals surface area contributed by atoms with Gasteiger partial charge in [0.25, 0.3) is 0 Å². The number of ketones is 1. The molecule has 1 saturated carbocycles. The summed E-state index contributed by atoms with van der Waals surface area (Å²) >= 11 is 0. The highest BCUT2D eigenvalue weighted by atomic mass is 16.6. The van der Waals surface area contributed by atoms with Crippen LogP contribution in [0.25, 0.3) is 0 Å². The normalized spacial score (nSPS) is 19.6. The van der Waals surface area contributed by atoms with Crippen molar-refractivity contribution in [2.24, 2.45) is 23.2 Å². The lowest BCUT2D eigenvalue weighted by molar-refractivity contribution is -0.161. The predicted octanol–water partition coefficient (Wildman–Crippen LogP) is 5.42. The van der Waals surface area contributed by atoms with Gasteiger partial charge in [-0.1, -0.05) is 53.9 Å². The molecule has 1 rings (SSSR count). The Morgan fingerprint density at radius 1 is 1.03 bits per heavy atom. The van der Waals surface area contributed by atoms with Gasteiger partial charge in [-0.15, -0.1) is 0 Å². The van der Waals surface area contributed by atoms with Crippen LogP contribution < -0.4 is 0 Å². The molecule has 1 fully saturated rings. The van der Waals surface area contributed by atoms with Gasteiger partial charge in [0.2, 0.25) is 5.91 Å². The summed E-state index contributed by atoms with van der Waals surface area (Å²) in [6.45, 7) is 15.7. The Morgan fingerprint density at radius 2 is 1.58 bits per heavy atom. The van der Waals surface area contributed by atoms with Gasteiger partial charge in [-0.3, -0.25) is 14.4 Å². The molecule has 6 nitrogen and oxygen atoms in total. The Hall–Kier alpha value is -1.43. The monoisotopic (exact) mass is 467 g/mol. The molecule has 1 aliphatic rings. The van der Waals surface area contributed by atoms with E-state index in [0.717, 1.165) is 32.1 Å². The van der Waals surface area contributed by atoms with Crippen molar-refractivity contribution in [3.8, 4) is 0 Å². The molecule has 0 unspecified atom stereocenters. The van der Waals surface area contributed by atoms with E-state index in [0.29, 0.717) is 0 Å². The number of carbonyl (C=O) groups is 3. The van der Waals surface area contributed by atoms with Gasteiger partial charge in [0.05, 0.1) is 18.6 Å². The molecule has 0 saturated heterocycles. The van der Waals surface area contributed by atoms with Crippen molar-refractivity contribution in [1.82, 2.24) is 4.90 Å². The van der Waals surface area contributed by atoms with Gasteiger partial charge < -0.3 is 14.4 Å². The Kier molecular flexibility index (Phi) is 11.1. The zero-order valence-corrected chi connectivity index (χ0v) is 22.8. The maximum atomic E-state index is 13.7. The predicted molar refractivity (Wildman–Crippen MR) is 132 cm³/mol. The topological polar surface area (TPSA) is 72.9 Å². The van der Waals surface area contributed by atoms with Crippen LogP contribution in [0.5, 0.6) is 0 Å². The molecule has 192 valence electrons. The molecule has 0 radical (unpaired) electrons. The van der Waals surface area contributed by atoms with E-state index in [-0.39, 0.29) is 59.7 Å². The number of amides is 1. The average Bonchev–Trinajstić information content (AvgIpc) is 3.16. The van der Waals surface area contributed by atoms with E-state index in [9.17, 15) is 14.4 Å². The van der Waals surface area contributed by atoms with E-state index in [1.807, 2.05) is 34.6 Å². The third kappa shape index (κ3) is 8.38. The van der Waals surface area contributed by atoms with Crippen LogP contribution in [-0.2, 0) is 23.9 Å². The molecule has 0 spiro atoms. The first kappa shape index (κ1) is 29.6. The van der Waals surface area contributed by atoms with E-state index >= 15 is 0 Å². The number of rotatable bonds is 12. The van der Waals surface area contributed by atoms with Crippen LogP contribution in [-0.4, -0.2) is 54.5 Å². The zero-order valence-electron chi connectivity index (χ0n) is 22.8. The van der Waals surface area contributed by atoms with Gasteiger partial charge in [-0.2, -0.15) is 0 Å². The summed E-state index contributed by atoms with van der Waals surface area (Å²) < 4.78 is 11.3. The highest BCUT2D eigenvalue weighted by Crippen LogP contribution is 2.40. The fraction of sp³-hybridized carbons (Fsp3) is 0.889. The molecule has 0 aromatic heterocycles. The van der Waals surface area contributed by atoms with Gasteiger partial charge in [0.15, 0.2) is 0 Å². The fourth-order valence-corrected chi connectivity index (χ4v) is 5.03. The summed E-state index contributed by atoms with van der Waals surface area (Å²) in [4.78, 5) is 41.2. The lowest BCUT2D eigenvalue weighted by atomic mass is 9.77. The van der Waals surface area contributed by atoms with Crippen LogP contribution >= 0.6 is 0 Å². The molecular weight excluding hydrogens is 418 g/mol. The van der Waals surface area contributed by atoms with E-state index in [2.05, 4.69) is 20.8 Å². The summed E-state index contributed by atoms with van der Waals surface area (Å²) in [5.41, 5.74) is -0.879. The molecule has 4 atom stereocenters. The van der Waals surface area contributed by atoms with Crippen LogP contribution in [0.3, 0.4) is 0 Å². The van der Waals surface area contributed by atoms with Gasteiger partial charge in [0.1, 0.15) is 11.4 Å². The van der Waals surface area contributed by atoms with Crippen LogP contribution in [0.15, 0.2) is 0 Å². The molecule has 0 N–H and O–H groups in total. The van der Waals surface area contributed by atoms with Crippen molar-refractivity contribution < 1.29 is 23.9 Å². The van der Waals surface area contributed by atoms with E-state index in [4.69, 9.17) is 9.47 Å². The smallest absolute Gasteiger partial charge is 0.309 e. The number of ether oxygens (including phenoxy) is 2. The van der Waals surface area contributed by atoms with Gasteiger partial charge in [-0.25, -0.2) is 0 Å². The number of esters is 1. The van der Waals surface area contributed by atoms with Gasteiger partial charge in [0, 0.05) is 31.9 Å². The second-order valence-corrected chi connectivity index (χ2v) is 11.6. The standard InChI is InChI=1S/C27H49NO5/c1-11-19(4)24(21(32-10)17-23(30)33-26(5,6)7)28(9)25(31)20(18(2)3)16-22(29)27(8)14-12-13-15-27/h18-21,24H,11-17H2,1-10H3/t19-,20-,21+,24-/m0/s1. The molecule has 1 amide bonds. The minimum Gasteiger partial charge on any atom is -0.460 e. The summed E-state index contributed by atoms with van der Waals surface area (Å²) in [6.07, 6.45) is 4.69.